The van der Waals surface area contributed by atoms with E-state index in [1.54, 1.807) is 12.3 Å². The average molecular weight is 534 g/mol. The van der Waals surface area contributed by atoms with Crippen LogP contribution in [0.1, 0.15) is 34.8 Å². The van der Waals surface area contributed by atoms with Gasteiger partial charge in [-0.05, 0) is 48.1 Å². The van der Waals surface area contributed by atoms with E-state index >= 15 is 0 Å². The van der Waals surface area contributed by atoms with E-state index in [-0.39, 0.29) is 11.6 Å². The summed E-state index contributed by atoms with van der Waals surface area (Å²) in [5.74, 6) is 0.240. The van der Waals surface area contributed by atoms with Gasteiger partial charge in [-0.15, -0.1) is 5.10 Å². The Balaban J connectivity index is 1.21. The Morgan fingerprint density at radius 1 is 1.16 bits per heavy atom. The fourth-order valence-electron chi connectivity index (χ4n) is 4.26. The molecule has 3 aromatic heterocycles. The number of hydrogen-bond donors (Lipinski definition) is 2. The van der Waals surface area contributed by atoms with Gasteiger partial charge in [-0.25, -0.2) is 0 Å². The van der Waals surface area contributed by atoms with Gasteiger partial charge in [-0.1, -0.05) is 51.6 Å². The fraction of sp³-hybridized carbons (Fsp3) is 0.200. The minimum absolute atomic E-state index is 0.215. The molecule has 0 atom stereocenters. The maximum absolute atomic E-state index is 12.8. The monoisotopic (exact) mass is 533 g/mol. The summed E-state index contributed by atoms with van der Waals surface area (Å²) in [6, 6.07) is 15.6. The highest BCUT2D eigenvalue weighted by molar-refractivity contribution is 7.03. The standard InChI is InChI=1S/C25H20ClN7O3S/c1-14-28-22(31-36-14)21-20(26)17-4-2-3-5-19(17)33(21)16-8-6-15(7-9-16)12-27-24(35)25(10-11-25)29-23(34)18-13-37-32-30-18/h2-9,13H,10-12H2,1H3,(H,27,35)(H,29,34). The van der Waals surface area contributed by atoms with Gasteiger partial charge in [-0.2, -0.15) is 4.98 Å². The van der Waals surface area contributed by atoms with Gasteiger partial charge in [0.15, 0.2) is 5.69 Å². The predicted octanol–water partition coefficient (Wildman–Crippen LogP) is 4.07. The number of para-hydroxylation sites is 1. The summed E-state index contributed by atoms with van der Waals surface area (Å²) in [7, 11) is 0. The van der Waals surface area contributed by atoms with Crippen LogP contribution in [0.15, 0.2) is 58.4 Å². The lowest BCUT2D eigenvalue weighted by molar-refractivity contribution is -0.124. The Kier molecular flexibility index (Phi) is 5.73. The molecular formula is C25H20ClN7O3S. The lowest BCUT2D eigenvalue weighted by atomic mass is 10.1. The third-order valence-electron chi connectivity index (χ3n) is 6.33. The zero-order chi connectivity index (χ0) is 25.6. The lowest BCUT2D eigenvalue weighted by Crippen LogP contribution is -2.48. The quantitative estimate of drug-likeness (QED) is 0.322. The summed E-state index contributed by atoms with van der Waals surface area (Å²) < 4.78 is 10.9. The van der Waals surface area contributed by atoms with Crippen LogP contribution in [0.25, 0.3) is 28.1 Å². The summed E-state index contributed by atoms with van der Waals surface area (Å²) in [4.78, 5) is 29.6. The SMILES string of the molecule is Cc1nc(-c2c(Cl)c3ccccc3n2-c2ccc(CNC(=O)C3(NC(=O)c4csnn4)CC3)cc2)no1. The highest BCUT2D eigenvalue weighted by Crippen LogP contribution is 2.39. The highest BCUT2D eigenvalue weighted by atomic mass is 35.5. The fourth-order valence-corrected chi connectivity index (χ4v) is 5.02. The Bertz CT molecular complexity index is 1620. The number of carbonyl (C=O) groups is 2. The molecule has 3 heterocycles. The zero-order valence-corrected chi connectivity index (χ0v) is 21.1. The first-order chi connectivity index (χ1) is 17.9. The van der Waals surface area contributed by atoms with E-state index in [1.165, 1.54) is 0 Å². The first-order valence-corrected chi connectivity index (χ1v) is 12.7. The molecule has 0 radical (unpaired) electrons. The van der Waals surface area contributed by atoms with Crippen LogP contribution in [0.2, 0.25) is 5.02 Å². The van der Waals surface area contributed by atoms with Crippen molar-refractivity contribution in [1.82, 2.24) is 34.9 Å². The van der Waals surface area contributed by atoms with Crippen molar-refractivity contribution in [2.24, 2.45) is 0 Å². The molecule has 0 unspecified atom stereocenters. The second-order valence-corrected chi connectivity index (χ2v) is 9.82. The number of rotatable bonds is 7. The Morgan fingerprint density at radius 2 is 1.95 bits per heavy atom. The van der Waals surface area contributed by atoms with Gasteiger partial charge >= 0.3 is 0 Å². The molecule has 37 heavy (non-hydrogen) atoms. The van der Waals surface area contributed by atoms with E-state index in [2.05, 4.69) is 30.4 Å². The predicted molar refractivity (Wildman–Crippen MR) is 138 cm³/mol. The van der Waals surface area contributed by atoms with Gasteiger partial charge in [0.1, 0.15) is 11.2 Å². The Morgan fingerprint density at radius 3 is 2.62 bits per heavy atom. The molecule has 1 aliphatic carbocycles. The molecule has 0 aliphatic heterocycles. The van der Waals surface area contributed by atoms with Crippen molar-refractivity contribution in [2.45, 2.75) is 31.8 Å². The van der Waals surface area contributed by atoms with Crippen LogP contribution >= 0.6 is 23.1 Å². The molecule has 2 amide bonds. The first kappa shape index (κ1) is 23.3. The third-order valence-corrected chi connectivity index (χ3v) is 7.22. The molecule has 0 spiro atoms. The van der Waals surface area contributed by atoms with Crippen molar-refractivity contribution in [3.05, 3.63) is 76.1 Å². The van der Waals surface area contributed by atoms with Crippen LogP contribution < -0.4 is 10.6 Å². The van der Waals surface area contributed by atoms with Crippen molar-refractivity contribution >= 4 is 45.9 Å². The molecule has 10 nitrogen and oxygen atoms in total. The highest BCUT2D eigenvalue weighted by Gasteiger charge is 2.51. The summed E-state index contributed by atoms with van der Waals surface area (Å²) >= 11 is 7.85. The van der Waals surface area contributed by atoms with Crippen LogP contribution in [-0.4, -0.2) is 41.6 Å². The van der Waals surface area contributed by atoms with Gasteiger partial charge in [-0.3, -0.25) is 9.59 Å². The molecule has 186 valence electrons. The van der Waals surface area contributed by atoms with Gasteiger partial charge < -0.3 is 19.7 Å². The number of fused-ring (bicyclic) bond motifs is 1. The number of carbonyl (C=O) groups excluding carboxylic acids is 2. The van der Waals surface area contributed by atoms with E-state index in [1.807, 2.05) is 53.1 Å². The van der Waals surface area contributed by atoms with Crippen LogP contribution in [-0.2, 0) is 11.3 Å². The second-order valence-electron chi connectivity index (χ2n) is 8.83. The summed E-state index contributed by atoms with van der Waals surface area (Å²) in [5, 5.41) is 16.6. The topological polar surface area (TPSA) is 128 Å². The molecule has 1 aliphatic rings. The Labute approximate surface area is 219 Å². The van der Waals surface area contributed by atoms with E-state index in [0.29, 0.717) is 41.8 Å². The molecule has 1 fully saturated rings. The smallest absolute Gasteiger partial charge is 0.273 e. The van der Waals surface area contributed by atoms with Gasteiger partial charge in [0.2, 0.25) is 17.6 Å². The molecular weight excluding hydrogens is 514 g/mol. The van der Waals surface area contributed by atoms with E-state index in [4.69, 9.17) is 16.1 Å². The normalized spacial score (nSPS) is 14.0. The number of aryl methyl sites for hydroxylation is 1. The van der Waals surface area contributed by atoms with Crippen molar-refractivity contribution in [3.63, 3.8) is 0 Å². The minimum atomic E-state index is -0.890. The van der Waals surface area contributed by atoms with Crippen LogP contribution in [0.3, 0.4) is 0 Å². The summed E-state index contributed by atoms with van der Waals surface area (Å²) in [6.07, 6.45) is 1.17. The number of hydrogen-bond acceptors (Lipinski definition) is 8. The first-order valence-electron chi connectivity index (χ1n) is 11.5. The van der Waals surface area contributed by atoms with Gasteiger partial charge in [0.05, 0.1) is 10.5 Å². The van der Waals surface area contributed by atoms with Crippen molar-refractivity contribution < 1.29 is 14.1 Å². The van der Waals surface area contributed by atoms with Crippen molar-refractivity contribution in [1.29, 1.82) is 0 Å². The second kappa shape index (κ2) is 9.09. The summed E-state index contributed by atoms with van der Waals surface area (Å²) in [6.45, 7) is 2.05. The maximum atomic E-state index is 12.8. The molecule has 2 N–H and O–H groups in total. The third kappa shape index (κ3) is 4.25. The molecule has 5 aromatic rings. The zero-order valence-electron chi connectivity index (χ0n) is 19.6. The minimum Gasteiger partial charge on any atom is -0.350 e. The molecule has 0 bridgehead atoms. The van der Waals surface area contributed by atoms with Crippen LogP contribution in [0.5, 0.6) is 0 Å². The molecule has 1 saturated carbocycles. The number of nitrogens with zero attached hydrogens (tertiary/aromatic N) is 5. The maximum Gasteiger partial charge on any atom is 0.273 e. The van der Waals surface area contributed by atoms with Gasteiger partial charge in [0.25, 0.3) is 5.91 Å². The molecule has 2 aromatic carbocycles. The lowest BCUT2D eigenvalue weighted by Gasteiger charge is -2.17. The summed E-state index contributed by atoms with van der Waals surface area (Å²) in [5.41, 5.74) is 2.64. The van der Waals surface area contributed by atoms with E-state index < -0.39 is 11.4 Å². The van der Waals surface area contributed by atoms with Crippen LogP contribution in [0, 0.1) is 6.92 Å². The Hall–Kier alpha value is -4.09. The number of halogens is 1. The average Bonchev–Trinajstić information content (AvgIpc) is 3.25. The number of aromatic nitrogens is 5. The van der Waals surface area contributed by atoms with Crippen molar-refractivity contribution in [3.8, 4) is 17.2 Å². The van der Waals surface area contributed by atoms with E-state index in [0.717, 1.165) is 33.7 Å². The van der Waals surface area contributed by atoms with E-state index in [9.17, 15) is 9.59 Å². The van der Waals surface area contributed by atoms with Crippen LogP contribution in [0.4, 0.5) is 0 Å². The number of amides is 2. The molecule has 0 saturated heterocycles. The number of nitrogens with one attached hydrogen (secondary N) is 2. The number of benzene rings is 2. The van der Waals surface area contributed by atoms with Crippen molar-refractivity contribution in [2.75, 3.05) is 0 Å². The largest absolute Gasteiger partial charge is 0.350 e. The molecule has 12 heteroatoms. The van der Waals surface area contributed by atoms with Gasteiger partial charge in [0, 0.05) is 29.9 Å². The molecule has 6 rings (SSSR count).